The third kappa shape index (κ3) is 3.01. The Morgan fingerprint density at radius 1 is 0.677 bits per heavy atom. The van der Waals surface area contributed by atoms with Crippen LogP contribution < -0.4 is 15.2 Å². The predicted octanol–water partition coefficient (Wildman–Crippen LogP) is 8.20. The first-order valence-corrected chi connectivity index (χ1v) is 15.9. The highest BCUT2D eigenvalue weighted by molar-refractivity contribution is 8.00. The molecule has 0 aliphatic carbocycles. The molecular weight excluding hydrogens is 451 g/mol. The van der Waals surface area contributed by atoms with E-state index in [9.17, 15) is 0 Å². The molecule has 0 radical (unpaired) electrons. The summed E-state index contributed by atoms with van der Waals surface area (Å²) in [5, 5.41) is 6.28. The average Bonchev–Trinajstić information content (AvgIpc) is 3.54. The molecule has 3 aromatic heterocycles. The Balaban J connectivity index is 1.55. The van der Waals surface area contributed by atoms with Crippen molar-refractivity contribution in [3.8, 4) is 9.75 Å². The Morgan fingerprint density at radius 3 is 1.90 bits per heavy atom. The van der Waals surface area contributed by atoms with Gasteiger partial charge in [0.25, 0.3) is 0 Å². The number of benzene rings is 2. The molecule has 0 saturated carbocycles. The third-order valence-corrected chi connectivity index (χ3v) is 15.5. The monoisotopic (exact) mass is 477 g/mol. The van der Waals surface area contributed by atoms with Crippen molar-refractivity contribution in [2.24, 2.45) is 0 Å². The van der Waals surface area contributed by atoms with Gasteiger partial charge in [-0.25, -0.2) is 0 Å². The summed E-state index contributed by atoms with van der Waals surface area (Å²) < 4.78 is 4.50. The molecule has 6 rings (SSSR count). The smallest absolute Gasteiger partial charge is 0.130 e. The lowest BCUT2D eigenvalue weighted by atomic mass is 10.1. The lowest BCUT2D eigenvalue weighted by Crippen LogP contribution is -2.24. The molecule has 4 heteroatoms. The van der Waals surface area contributed by atoms with Gasteiger partial charge in [-0.2, -0.15) is 0 Å². The molecule has 0 saturated heterocycles. The third-order valence-electron chi connectivity index (χ3n) is 6.60. The van der Waals surface area contributed by atoms with Crippen molar-refractivity contribution in [3.05, 3.63) is 65.5 Å². The summed E-state index contributed by atoms with van der Waals surface area (Å²) >= 11 is 6.12. The molecular formula is C27H26PS3+. The normalized spacial score (nSPS) is 14.4. The van der Waals surface area contributed by atoms with Crippen molar-refractivity contribution in [2.75, 3.05) is 6.66 Å². The minimum atomic E-state index is -1.63. The van der Waals surface area contributed by atoms with Gasteiger partial charge in [-0.3, -0.25) is 0 Å². The Kier molecular flexibility index (Phi) is 5.07. The zero-order valence-corrected chi connectivity index (χ0v) is 21.3. The lowest BCUT2D eigenvalue weighted by molar-refractivity contribution is 0.670. The second-order valence-electron chi connectivity index (χ2n) is 8.61. The maximum absolute atomic E-state index is 2.60. The first-order chi connectivity index (χ1) is 15.2. The van der Waals surface area contributed by atoms with E-state index < -0.39 is 7.26 Å². The molecule has 31 heavy (non-hydrogen) atoms. The first kappa shape index (κ1) is 20.1. The van der Waals surface area contributed by atoms with Crippen LogP contribution in [0.1, 0.15) is 37.5 Å². The van der Waals surface area contributed by atoms with Crippen LogP contribution in [0.3, 0.4) is 0 Å². The molecule has 5 aromatic rings. The SMILES string of the molecule is CCCCCCc1ccc([P+]2(C)c3c(sc4ccccc34)-c3sc4ccccc4c32)s1. The summed E-state index contributed by atoms with van der Waals surface area (Å²) in [5.41, 5.74) is 0. The number of hydrogen-bond acceptors (Lipinski definition) is 3. The van der Waals surface area contributed by atoms with Gasteiger partial charge in [-0.1, -0.05) is 50.5 Å². The molecule has 1 aliphatic rings. The van der Waals surface area contributed by atoms with Crippen molar-refractivity contribution in [3.63, 3.8) is 0 Å². The molecule has 2 aromatic carbocycles. The second-order valence-corrected chi connectivity index (χ2v) is 15.6. The fourth-order valence-corrected chi connectivity index (χ4v) is 14.9. The van der Waals surface area contributed by atoms with Gasteiger partial charge >= 0.3 is 0 Å². The summed E-state index contributed by atoms with van der Waals surface area (Å²) in [5.74, 6) is 0. The largest absolute Gasteiger partial charge is 0.157 e. The van der Waals surface area contributed by atoms with E-state index in [1.807, 2.05) is 22.7 Å². The van der Waals surface area contributed by atoms with Gasteiger partial charge in [0.1, 0.15) is 17.9 Å². The molecule has 4 heterocycles. The zero-order valence-electron chi connectivity index (χ0n) is 18.0. The van der Waals surface area contributed by atoms with Crippen LogP contribution in [0.2, 0.25) is 0 Å². The van der Waals surface area contributed by atoms with Crippen LogP contribution in [-0.4, -0.2) is 6.66 Å². The average molecular weight is 478 g/mol. The van der Waals surface area contributed by atoms with E-state index in [1.54, 1.807) is 29.9 Å². The van der Waals surface area contributed by atoms with Crippen LogP contribution in [0, 0.1) is 0 Å². The van der Waals surface area contributed by atoms with Crippen LogP contribution >= 0.6 is 41.3 Å². The Morgan fingerprint density at radius 2 is 1.29 bits per heavy atom. The van der Waals surface area contributed by atoms with Crippen LogP contribution in [0.5, 0.6) is 0 Å². The van der Waals surface area contributed by atoms with Gasteiger partial charge in [0.2, 0.25) is 0 Å². The van der Waals surface area contributed by atoms with Crippen molar-refractivity contribution in [1.82, 2.24) is 0 Å². The highest BCUT2D eigenvalue weighted by Crippen LogP contribution is 2.66. The molecule has 0 nitrogen and oxygen atoms in total. The van der Waals surface area contributed by atoms with Crippen molar-refractivity contribution < 1.29 is 0 Å². The lowest BCUT2D eigenvalue weighted by Gasteiger charge is -2.17. The van der Waals surface area contributed by atoms with Crippen molar-refractivity contribution >= 4 is 76.7 Å². The van der Waals surface area contributed by atoms with Crippen LogP contribution in [0.25, 0.3) is 29.9 Å². The summed E-state index contributed by atoms with van der Waals surface area (Å²) in [4.78, 5) is 4.67. The van der Waals surface area contributed by atoms with Gasteiger partial charge < -0.3 is 0 Å². The molecule has 0 amide bonds. The van der Waals surface area contributed by atoms with E-state index in [4.69, 9.17) is 0 Å². The van der Waals surface area contributed by atoms with Gasteiger partial charge in [0, 0.05) is 25.0 Å². The maximum Gasteiger partial charge on any atom is 0.157 e. The van der Waals surface area contributed by atoms with Crippen molar-refractivity contribution in [2.45, 2.75) is 39.0 Å². The number of aryl methyl sites for hydroxylation is 1. The van der Waals surface area contributed by atoms with Gasteiger partial charge in [0.15, 0.2) is 4.62 Å². The van der Waals surface area contributed by atoms with E-state index >= 15 is 0 Å². The Hall–Kier alpha value is -1.51. The van der Waals surface area contributed by atoms with E-state index in [0.29, 0.717) is 0 Å². The fourth-order valence-electron chi connectivity index (χ4n) is 5.06. The number of thiophene rings is 3. The quantitative estimate of drug-likeness (QED) is 0.171. The van der Waals surface area contributed by atoms with Gasteiger partial charge in [0.05, 0.1) is 16.4 Å². The minimum absolute atomic E-state index is 1.24. The summed E-state index contributed by atoms with van der Waals surface area (Å²) in [6.45, 7) is 4.89. The van der Waals surface area contributed by atoms with Gasteiger partial charge in [-0.05, 0) is 49.2 Å². The number of hydrogen-bond donors (Lipinski definition) is 0. The van der Waals surface area contributed by atoms with Crippen LogP contribution in [0.4, 0.5) is 0 Å². The van der Waals surface area contributed by atoms with E-state index in [1.165, 1.54) is 52.3 Å². The summed E-state index contributed by atoms with van der Waals surface area (Å²) in [7, 11) is -1.63. The highest BCUT2D eigenvalue weighted by atomic mass is 32.1. The predicted molar refractivity (Wildman–Crippen MR) is 147 cm³/mol. The standard InChI is InChI=1S/C27H26PS3/c1-3-4-5-6-11-18-16-17-23(29-18)28(2)24-19-12-7-9-14-21(19)30-26(24)27-25(28)20-13-8-10-15-22(20)31-27/h7-10,12-17H,3-6,11H2,1-2H3/q+1. The molecule has 0 unspecified atom stereocenters. The second kappa shape index (κ2) is 7.81. The first-order valence-electron chi connectivity index (χ1n) is 11.2. The molecule has 0 bridgehead atoms. The number of rotatable bonds is 6. The highest BCUT2D eigenvalue weighted by Gasteiger charge is 2.54. The van der Waals surface area contributed by atoms with Gasteiger partial charge in [-0.15, -0.1) is 34.0 Å². The molecule has 0 N–H and O–H groups in total. The molecule has 0 atom stereocenters. The molecule has 156 valence electrons. The topological polar surface area (TPSA) is 0 Å². The molecule has 0 spiro atoms. The zero-order chi connectivity index (χ0) is 21.0. The summed E-state index contributed by atoms with van der Waals surface area (Å²) in [6, 6.07) is 23.1. The minimum Gasteiger partial charge on any atom is -0.130 e. The molecule has 1 aliphatic heterocycles. The van der Waals surface area contributed by atoms with Crippen LogP contribution in [0.15, 0.2) is 60.7 Å². The number of unbranched alkanes of at least 4 members (excludes halogenated alkanes) is 3. The van der Waals surface area contributed by atoms with E-state index in [-0.39, 0.29) is 0 Å². The van der Waals surface area contributed by atoms with E-state index in [2.05, 4.69) is 85.6 Å². The van der Waals surface area contributed by atoms with E-state index in [0.717, 1.165) is 0 Å². The number of fused-ring (bicyclic) bond motifs is 7. The molecule has 0 fully saturated rings. The Labute approximate surface area is 196 Å². The fraction of sp³-hybridized carbons (Fsp3) is 0.259. The maximum atomic E-state index is 2.60. The van der Waals surface area contributed by atoms with Crippen LogP contribution in [-0.2, 0) is 6.42 Å². The van der Waals surface area contributed by atoms with Crippen molar-refractivity contribution in [1.29, 1.82) is 0 Å². The Bertz CT molecular complexity index is 1320. The summed E-state index contributed by atoms with van der Waals surface area (Å²) in [6.07, 6.45) is 6.58.